The normalized spacial score (nSPS) is 12.9. The molecule has 0 fully saturated rings. The third-order valence-corrected chi connectivity index (χ3v) is 5.93. The number of carboxylic acids is 1. The lowest BCUT2D eigenvalue weighted by Crippen LogP contribution is -2.47. The fraction of sp³-hybridized carbons (Fsp3) is 0.320. The summed E-state index contributed by atoms with van der Waals surface area (Å²) in [5.41, 5.74) is 4.34. The number of ether oxygens (including phenoxy) is 1. The van der Waals surface area contributed by atoms with Crippen LogP contribution in [-0.2, 0) is 16.1 Å². The average molecular weight is 478 g/mol. The van der Waals surface area contributed by atoms with Crippen LogP contribution in [0.2, 0.25) is 0 Å². The lowest BCUT2D eigenvalue weighted by atomic mass is 9.98. The molecule has 1 unspecified atom stereocenters. The fourth-order valence-corrected chi connectivity index (χ4v) is 4.26. The number of rotatable bonds is 10. The van der Waals surface area contributed by atoms with Crippen LogP contribution in [0.15, 0.2) is 54.7 Å². The summed E-state index contributed by atoms with van der Waals surface area (Å²) in [5.74, 6) is -1.58. The number of aromatic carboxylic acids is 1. The molecule has 2 amide bonds. The van der Waals surface area contributed by atoms with Crippen LogP contribution < -0.4 is 10.6 Å². The first-order valence-electron chi connectivity index (χ1n) is 11.5. The van der Waals surface area contributed by atoms with E-state index in [-0.39, 0.29) is 37.2 Å². The Morgan fingerprint density at radius 2 is 1.74 bits per heavy atom. The molecule has 0 spiro atoms. The Morgan fingerprint density at radius 1 is 1.09 bits per heavy atom. The second-order valence-corrected chi connectivity index (χ2v) is 8.27. The minimum atomic E-state index is -1.17. The van der Waals surface area contributed by atoms with Crippen molar-refractivity contribution in [3.05, 3.63) is 71.5 Å². The first kappa shape index (κ1) is 23.9. The number of fused-ring (bicyclic) bond motifs is 3. The predicted molar refractivity (Wildman–Crippen MR) is 127 cm³/mol. The monoisotopic (exact) mass is 477 g/mol. The minimum Gasteiger partial charge on any atom is -0.476 e. The van der Waals surface area contributed by atoms with E-state index in [1.165, 1.54) is 10.9 Å². The Bertz CT molecular complexity index is 1180. The summed E-state index contributed by atoms with van der Waals surface area (Å²) in [7, 11) is 0. The van der Waals surface area contributed by atoms with Crippen molar-refractivity contribution in [1.82, 2.24) is 25.6 Å². The summed E-state index contributed by atoms with van der Waals surface area (Å²) >= 11 is 0. The van der Waals surface area contributed by atoms with Gasteiger partial charge in [0.15, 0.2) is 5.69 Å². The third kappa shape index (κ3) is 5.48. The highest BCUT2D eigenvalue weighted by Gasteiger charge is 2.29. The van der Waals surface area contributed by atoms with Crippen molar-refractivity contribution < 1.29 is 24.2 Å². The van der Waals surface area contributed by atoms with E-state index in [2.05, 4.69) is 33.1 Å². The summed E-state index contributed by atoms with van der Waals surface area (Å²) in [4.78, 5) is 36.1. The van der Waals surface area contributed by atoms with Gasteiger partial charge < -0.3 is 20.5 Å². The minimum absolute atomic E-state index is 0.0648. The molecule has 1 aromatic heterocycles. The molecule has 2 aromatic carbocycles. The van der Waals surface area contributed by atoms with Crippen molar-refractivity contribution in [3.63, 3.8) is 0 Å². The Labute approximate surface area is 202 Å². The maximum absolute atomic E-state index is 12.6. The summed E-state index contributed by atoms with van der Waals surface area (Å²) in [5, 5.41) is 21.5. The van der Waals surface area contributed by atoms with Crippen molar-refractivity contribution in [2.75, 3.05) is 13.2 Å². The van der Waals surface area contributed by atoms with Crippen molar-refractivity contribution in [2.45, 2.75) is 38.3 Å². The number of hydrogen-bond acceptors (Lipinski definition) is 6. The highest BCUT2D eigenvalue weighted by atomic mass is 16.5. The fourth-order valence-electron chi connectivity index (χ4n) is 4.26. The highest BCUT2D eigenvalue weighted by molar-refractivity contribution is 5.86. The zero-order valence-corrected chi connectivity index (χ0v) is 19.3. The molecule has 10 nitrogen and oxygen atoms in total. The molecule has 4 rings (SSSR count). The number of alkyl carbamates (subject to hydrolysis) is 1. The SMILES string of the molecule is CCCC(NC(=O)OCC1c2ccccc2-c2ccccc21)C(=O)NCCn1cc(C(=O)O)nn1. The smallest absolute Gasteiger partial charge is 0.407 e. The van der Waals surface area contributed by atoms with Crippen LogP contribution in [-0.4, -0.2) is 57.3 Å². The molecule has 1 heterocycles. The molecule has 3 N–H and O–H groups in total. The molecule has 3 aromatic rings. The van der Waals surface area contributed by atoms with Gasteiger partial charge in [-0.05, 0) is 28.7 Å². The molecule has 0 aliphatic heterocycles. The standard InChI is InChI=1S/C25H27N5O5/c1-2-7-21(23(31)26-12-13-30-14-22(24(32)33)28-29-30)27-25(34)35-15-20-18-10-5-3-8-16(18)17-9-4-6-11-19(17)20/h3-6,8-11,14,20-21H,2,7,12-13,15H2,1H3,(H,26,31)(H,27,34)(H,32,33). The number of benzene rings is 2. The number of hydrogen-bond donors (Lipinski definition) is 3. The third-order valence-electron chi connectivity index (χ3n) is 5.93. The van der Waals surface area contributed by atoms with E-state index in [0.717, 1.165) is 22.3 Å². The average Bonchev–Trinajstić information content (AvgIpc) is 3.46. The van der Waals surface area contributed by atoms with Crippen LogP contribution >= 0.6 is 0 Å². The number of carbonyl (C=O) groups excluding carboxylic acids is 2. The Morgan fingerprint density at radius 3 is 2.34 bits per heavy atom. The van der Waals surface area contributed by atoms with E-state index in [9.17, 15) is 14.4 Å². The zero-order chi connectivity index (χ0) is 24.8. The maximum atomic E-state index is 12.6. The van der Waals surface area contributed by atoms with Gasteiger partial charge in [0.05, 0.1) is 12.7 Å². The van der Waals surface area contributed by atoms with Crippen molar-refractivity contribution in [2.24, 2.45) is 0 Å². The van der Waals surface area contributed by atoms with Gasteiger partial charge in [-0.15, -0.1) is 5.10 Å². The number of nitrogens with one attached hydrogen (secondary N) is 2. The molecule has 1 atom stereocenters. The molecule has 1 aliphatic rings. The van der Waals surface area contributed by atoms with Gasteiger partial charge in [-0.2, -0.15) is 0 Å². The first-order chi connectivity index (χ1) is 17.0. The lowest BCUT2D eigenvalue weighted by molar-refractivity contribution is -0.123. The van der Waals surface area contributed by atoms with E-state index >= 15 is 0 Å². The van der Waals surface area contributed by atoms with Crippen LogP contribution in [0.5, 0.6) is 0 Å². The van der Waals surface area contributed by atoms with E-state index in [1.54, 1.807) is 0 Å². The lowest BCUT2D eigenvalue weighted by Gasteiger charge is -2.19. The van der Waals surface area contributed by atoms with Gasteiger partial charge >= 0.3 is 12.1 Å². The summed E-state index contributed by atoms with van der Waals surface area (Å²) in [6.07, 6.45) is 1.77. The zero-order valence-electron chi connectivity index (χ0n) is 19.3. The van der Waals surface area contributed by atoms with Crippen molar-refractivity contribution in [1.29, 1.82) is 0 Å². The van der Waals surface area contributed by atoms with Crippen LogP contribution in [0.3, 0.4) is 0 Å². The number of amides is 2. The van der Waals surface area contributed by atoms with Gasteiger partial charge in [0.25, 0.3) is 0 Å². The molecule has 0 saturated carbocycles. The number of nitrogens with zero attached hydrogens (tertiary/aromatic N) is 3. The summed E-state index contributed by atoms with van der Waals surface area (Å²) in [6.45, 7) is 2.53. The van der Waals surface area contributed by atoms with Crippen molar-refractivity contribution in [3.8, 4) is 11.1 Å². The van der Waals surface area contributed by atoms with Gasteiger partial charge in [0, 0.05) is 12.5 Å². The molecular weight excluding hydrogens is 450 g/mol. The molecule has 0 bridgehead atoms. The maximum Gasteiger partial charge on any atom is 0.407 e. The highest BCUT2D eigenvalue weighted by Crippen LogP contribution is 2.44. The van der Waals surface area contributed by atoms with E-state index in [0.29, 0.717) is 12.8 Å². The van der Waals surface area contributed by atoms with Crippen LogP contribution in [0.1, 0.15) is 47.3 Å². The summed E-state index contributed by atoms with van der Waals surface area (Å²) < 4.78 is 6.89. The molecule has 0 saturated heterocycles. The Balaban J connectivity index is 1.31. The largest absolute Gasteiger partial charge is 0.476 e. The molecule has 10 heteroatoms. The predicted octanol–water partition coefficient (Wildman–Crippen LogP) is 2.80. The molecule has 0 radical (unpaired) electrons. The van der Waals surface area contributed by atoms with Gasteiger partial charge in [-0.3, -0.25) is 4.79 Å². The molecule has 35 heavy (non-hydrogen) atoms. The number of carbonyl (C=O) groups is 3. The number of carboxylic acid groups (broad SMARTS) is 1. The second-order valence-electron chi connectivity index (χ2n) is 8.27. The van der Waals surface area contributed by atoms with Crippen LogP contribution in [0, 0.1) is 0 Å². The first-order valence-corrected chi connectivity index (χ1v) is 11.5. The van der Waals surface area contributed by atoms with Gasteiger partial charge in [0.2, 0.25) is 5.91 Å². The molecule has 182 valence electrons. The van der Waals surface area contributed by atoms with Gasteiger partial charge in [-0.1, -0.05) is 67.1 Å². The molecular formula is C25H27N5O5. The van der Waals surface area contributed by atoms with E-state index in [4.69, 9.17) is 9.84 Å². The van der Waals surface area contributed by atoms with Crippen LogP contribution in [0.25, 0.3) is 11.1 Å². The quantitative estimate of drug-likeness (QED) is 0.409. The number of aromatic nitrogens is 3. The van der Waals surface area contributed by atoms with E-state index < -0.39 is 18.1 Å². The van der Waals surface area contributed by atoms with Crippen LogP contribution in [0.4, 0.5) is 4.79 Å². The Hall–Kier alpha value is -4.21. The van der Waals surface area contributed by atoms with Gasteiger partial charge in [-0.25, -0.2) is 14.3 Å². The van der Waals surface area contributed by atoms with Gasteiger partial charge in [0.1, 0.15) is 12.6 Å². The van der Waals surface area contributed by atoms with E-state index in [1.807, 2.05) is 43.3 Å². The topological polar surface area (TPSA) is 135 Å². The summed E-state index contributed by atoms with van der Waals surface area (Å²) in [6, 6.07) is 15.4. The molecule has 1 aliphatic carbocycles. The second kappa shape index (κ2) is 10.8. The Kier molecular flexibility index (Phi) is 7.39. The van der Waals surface area contributed by atoms with Crippen molar-refractivity contribution >= 4 is 18.0 Å².